The summed E-state index contributed by atoms with van der Waals surface area (Å²) in [6.07, 6.45) is 6.37. The van der Waals surface area contributed by atoms with Crippen molar-refractivity contribution >= 4 is 17.2 Å². The molecule has 2 atom stereocenters. The van der Waals surface area contributed by atoms with Gasteiger partial charge in [-0.15, -0.1) is 0 Å². The minimum Gasteiger partial charge on any atom is -0.474 e. The van der Waals surface area contributed by atoms with Crippen molar-refractivity contribution in [2.24, 2.45) is 5.73 Å². The summed E-state index contributed by atoms with van der Waals surface area (Å²) in [5, 5.41) is 0. The first kappa shape index (κ1) is 13.2. The number of ether oxygens (including phenoxy) is 2. The number of hydrogen-bond acceptors (Lipinski definition) is 4. The Morgan fingerprint density at radius 3 is 2.78 bits per heavy atom. The van der Waals surface area contributed by atoms with Gasteiger partial charge in [0.1, 0.15) is 11.1 Å². The van der Waals surface area contributed by atoms with E-state index in [2.05, 4.69) is 4.98 Å². The molecule has 5 heteroatoms. The van der Waals surface area contributed by atoms with Crippen LogP contribution in [0, 0.1) is 0 Å². The SMILES string of the molecule is COC1CCCC(Oc2ccc(C(N)=S)cn2)C1. The quantitative estimate of drug-likeness (QED) is 0.845. The van der Waals surface area contributed by atoms with Gasteiger partial charge >= 0.3 is 0 Å². The highest BCUT2D eigenvalue weighted by Crippen LogP contribution is 2.24. The molecule has 2 rings (SSSR count). The number of nitrogens with zero attached hydrogens (tertiary/aromatic N) is 1. The number of hydrogen-bond donors (Lipinski definition) is 1. The maximum absolute atomic E-state index is 5.85. The molecule has 0 aliphatic heterocycles. The van der Waals surface area contributed by atoms with Gasteiger partial charge in [-0.1, -0.05) is 12.2 Å². The van der Waals surface area contributed by atoms with Crippen LogP contribution in [-0.4, -0.2) is 29.3 Å². The summed E-state index contributed by atoms with van der Waals surface area (Å²) >= 11 is 4.88. The minimum atomic E-state index is 0.187. The number of aromatic nitrogens is 1. The van der Waals surface area contributed by atoms with Crippen molar-refractivity contribution in [3.63, 3.8) is 0 Å². The van der Waals surface area contributed by atoms with Crippen LogP contribution in [0.25, 0.3) is 0 Å². The van der Waals surface area contributed by atoms with Crippen molar-refractivity contribution in [1.82, 2.24) is 4.98 Å². The van der Waals surface area contributed by atoms with Crippen LogP contribution in [0.3, 0.4) is 0 Å². The molecule has 1 saturated carbocycles. The monoisotopic (exact) mass is 266 g/mol. The minimum absolute atomic E-state index is 0.187. The smallest absolute Gasteiger partial charge is 0.213 e. The van der Waals surface area contributed by atoms with Gasteiger partial charge in [-0.25, -0.2) is 4.98 Å². The molecule has 4 nitrogen and oxygen atoms in total. The van der Waals surface area contributed by atoms with Crippen molar-refractivity contribution in [3.05, 3.63) is 23.9 Å². The molecular weight excluding hydrogens is 248 g/mol. The summed E-state index contributed by atoms with van der Waals surface area (Å²) in [5.74, 6) is 0.622. The molecule has 0 aromatic carbocycles. The second-order valence-corrected chi connectivity index (χ2v) is 4.95. The Bertz CT molecular complexity index is 408. The summed E-state index contributed by atoms with van der Waals surface area (Å²) < 4.78 is 11.2. The van der Waals surface area contributed by atoms with Crippen LogP contribution >= 0.6 is 12.2 Å². The molecule has 0 amide bonds. The molecular formula is C13H18N2O2S. The molecule has 0 spiro atoms. The van der Waals surface area contributed by atoms with Crippen LogP contribution in [0.15, 0.2) is 18.3 Å². The molecule has 2 unspecified atom stereocenters. The summed E-state index contributed by atoms with van der Waals surface area (Å²) in [5.41, 5.74) is 6.28. The van der Waals surface area contributed by atoms with Crippen LogP contribution in [0.2, 0.25) is 0 Å². The molecule has 0 radical (unpaired) electrons. The molecule has 18 heavy (non-hydrogen) atoms. The molecule has 0 saturated heterocycles. The van der Waals surface area contributed by atoms with E-state index in [9.17, 15) is 0 Å². The largest absolute Gasteiger partial charge is 0.474 e. The Balaban J connectivity index is 1.94. The van der Waals surface area contributed by atoms with Crippen molar-refractivity contribution < 1.29 is 9.47 Å². The molecule has 2 N–H and O–H groups in total. The number of pyridine rings is 1. The maximum atomic E-state index is 5.85. The van der Waals surface area contributed by atoms with Crippen LogP contribution in [0.1, 0.15) is 31.2 Å². The third-order valence-corrected chi connectivity index (χ3v) is 3.46. The van der Waals surface area contributed by atoms with E-state index in [1.165, 1.54) is 0 Å². The Labute approximate surface area is 112 Å². The van der Waals surface area contributed by atoms with Gasteiger partial charge in [0.05, 0.1) is 6.10 Å². The third-order valence-electron chi connectivity index (χ3n) is 3.22. The van der Waals surface area contributed by atoms with Crippen LogP contribution < -0.4 is 10.5 Å². The van der Waals surface area contributed by atoms with Gasteiger partial charge < -0.3 is 15.2 Å². The van der Waals surface area contributed by atoms with Gasteiger partial charge in [0, 0.05) is 31.4 Å². The van der Waals surface area contributed by atoms with Crippen molar-refractivity contribution in [2.45, 2.75) is 37.9 Å². The zero-order valence-electron chi connectivity index (χ0n) is 10.5. The first-order valence-electron chi connectivity index (χ1n) is 6.14. The van der Waals surface area contributed by atoms with Crippen LogP contribution in [0.5, 0.6) is 5.88 Å². The lowest BCUT2D eigenvalue weighted by Gasteiger charge is -2.28. The number of rotatable bonds is 4. The van der Waals surface area contributed by atoms with Crippen LogP contribution in [0.4, 0.5) is 0 Å². The lowest BCUT2D eigenvalue weighted by molar-refractivity contribution is 0.0195. The first-order valence-corrected chi connectivity index (χ1v) is 6.55. The van der Waals surface area contributed by atoms with E-state index >= 15 is 0 Å². The summed E-state index contributed by atoms with van der Waals surface area (Å²) in [6, 6.07) is 3.65. The molecule has 1 aromatic rings. The number of nitrogens with two attached hydrogens (primary N) is 1. The highest BCUT2D eigenvalue weighted by atomic mass is 32.1. The van der Waals surface area contributed by atoms with Crippen molar-refractivity contribution in [1.29, 1.82) is 0 Å². The Kier molecular flexibility index (Phi) is 4.49. The van der Waals surface area contributed by atoms with Crippen LogP contribution in [-0.2, 0) is 4.74 Å². The fourth-order valence-corrected chi connectivity index (χ4v) is 2.31. The van der Waals surface area contributed by atoms with E-state index < -0.39 is 0 Å². The molecule has 1 aliphatic carbocycles. The predicted octanol–water partition coefficient (Wildman–Crippen LogP) is 2.05. The summed E-state index contributed by atoms with van der Waals surface area (Å²) in [6.45, 7) is 0. The topological polar surface area (TPSA) is 57.4 Å². The normalized spacial score (nSPS) is 23.6. The Morgan fingerprint density at radius 1 is 1.39 bits per heavy atom. The average molecular weight is 266 g/mol. The summed E-state index contributed by atoms with van der Waals surface area (Å²) in [7, 11) is 1.75. The second kappa shape index (κ2) is 6.11. The molecule has 1 aromatic heterocycles. The third kappa shape index (κ3) is 3.40. The number of thiocarbonyl (C=S) groups is 1. The zero-order valence-corrected chi connectivity index (χ0v) is 11.3. The van der Waals surface area contributed by atoms with Gasteiger partial charge in [0.2, 0.25) is 5.88 Å². The molecule has 0 bridgehead atoms. The molecule has 1 fully saturated rings. The molecule has 1 heterocycles. The van der Waals surface area contributed by atoms with Gasteiger partial charge in [-0.2, -0.15) is 0 Å². The van der Waals surface area contributed by atoms with E-state index in [1.54, 1.807) is 13.3 Å². The average Bonchev–Trinajstić information content (AvgIpc) is 2.39. The highest BCUT2D eigenvalue weighted by molar-refractivity contribution is 7.80. The van der Waals surface area contributed by atoms with Gasteiger partial charge in [-0.3, -0.25) is 0 Å². The standard InChI is InChI=1S/C13H18N2O2S/c1-16-10-3-2-4-11(7-10)17-12-6-5-9(8-15-12)13(14)18/h5-6,8,10-11H,2-4,7H2,1H3,(H2,14,18). The fourth-order valence-electron chi connectivity index (χ4n) is 2.19. The zero-order chi connectivity index (χ0) is 13.0. The summed E-state index contributed by atoms with van der Waals surface area (Å²) in [4.78, 5) is 4.57. The number of methoxy groups -OCH3 is 1. The maximum Gasteiger partial charge on any atom is 0.213 e. The van der Waals surface area contributed by atoms with E-state index in [-0.39, 0.29) is 6.10 Å². The van der Waals surface area contributed by atoms with E-state index in [0.29, 0.717) is 17.0 Å². The Hall–Kier alpha value is -1.20. The van der Waals surface area contributed by atoms with Crippen molar-refractivity contribution in [3.8, 4) is 5.88 Å². The first-order chi connectivity index (χ1) is 8.69. The van der Waals surface area contributed by atoms with Gasteiger partial charge in [0.15, 0.2) is 0 Å². The van der Waals surface area contributed by atoms with E-state index in [1.807, 2.05) is 12.1 Å². The fraction of sp³-hybridized carbons (Fsp3) is 0.538. The van der Waals surface area contributed by atoms with Crippen molar-refractivity contribution in [2.75, 3.05) is 7.11 Å². The lowest BCUT2D eigenvalue weighted by atomic mass is 9.95. The van der Waals surface area contributed by atoms with Gasteiger partial charge in [0.25, 0.3) is 0 Å². The molecule has 1 aliphatic rings. The van der Waals surface area contributed by atoms with E-state index in [4.69, 9.17) is 27.4 Å². The van der Waals surface area contributed by atoms with Gasteiger partial charge in [-0.05, 0) is 25.3 Å². The van der Waals surface area contributed by atoms with E-state index in [0.717, 1.165) is 31.2 Å². The Morgan fingerprint density at radius 2 is 2.17 bits per heavy atom. The lowest BCUT2D eigenvalue weighted by Crippen LogP contribution is -2.29. The molecule has 98 valence electrons. The predicted molar refractivity (Wildman–Crippen MR) is 73.8 cm³/mol. The second-order valence-electron chi connectivity index (χ2n) is 4.51. The highest BCUT2D eigenvalue weighted by Gasteiger charge is 2.23.